The predicted molar refractivity (Wildman–Crippen MR) is 83.8 cm³/mol. The molecule has 0 aromatic rings. The number of hydrogen-bond acceptors (Lipinski definition) is 4. The Kier molecular flexibility index (Phi) is 4.82. The summed E-state index contributed by atoms with van der Waals surface area (Å²) in [6, 6.07) is 1.15. The molecule has 0 aromatic heterocycles. The monoisotopic (exact) mass is 302 g/mol. The van der Waals surface area contributed by atoms with Crippen molar-refractivity contribution in [2.24, 2.45) is 0 Å². The summed E-state index contributed by atoms with van der Waals surface area (Å²) in [6.45, 7) is 9.98. The van der Waals surface area contributed by atoms with E-state index in [-0.39, 0.29) is 0 Å². The summed E-state index contributed by atoms with van der Waals surface area (Å²) in [6.07, 6.45) is 6.38. The van der Waals surface area contributed by atoms with Gasteiger partial charge in [-0.25, -0.2) is 8.42 Å². The molecule has 2 aliphatic rings. The molecule has 2 aliphatic heterocycles. The molecule has 118 valence electrons. The third-order valence-corrected chi connectivity index (χ3v) is 7.35. The first-order valence-corrected chi connectivity index (χ1v) is 9.81. The molecule has 2 fully saturated rings. The zero-order valence-electron chi connectivity index (χ0n) is 13.4. The van der Waals surface area contributed by atoms with Crippen LogP contribution in [-0.2, 0) is 9.84 Å². The minimum absolute atomic E-state index is 0.505. The Labute approximate surface area is 124 Å². The van der Waals surface area contributed by atoms with Crippen LogP contribution >= 0.6 is 0 Å². The van der Waals surface area contributed by atoms with Crippen molar-refractivity contribution in [2.45, 2.75) is 63.3 Å². The third kappa shape index (κ3) is 3.37. The van der Waals surface area contributed by atoms with Gasteiger partial charge < -0.3 is 0 Å². The summed E-state index contributed by atoms with van der Waals surface area (Å²) in [5.41, 5.74) is 0. The molecule has 4 nitrogen and oxygen atoms in total. The summed E-state index contributed by atoms with van der Waals surface area (Å²) in [7, 11) is -3.02. The predicted octanol–water partition coefficient (Wildman–Crippen LogP) is 1.76. The molecule has 5 heteroatoms. The van der Waals surface area contributed by atoms with E-state index < -0.39 is 14.6 Å². The largest absolute Gasteiger partial charge is 0.298 e. The maximum absolute atomic E-state index is 12.0. The lowest BCUT2D eigenvalue weighted by Gasteiger charge is -2.49. The Bertz CT molecular complexity index is 433. The van der Waals surface area contributed by atoms with Gasteiger partial charge in [0.05, 0.1) is 4.75 Å². The van der Waals surface area contributed by atoms with Gasteiger partial charge in [0, 0.05) is 38.0 Å². The van der Waals surface area contributed by atoms with Crippen molar-refractivity contribution in [3.8, 4) is 0 Å². The fourth-order valence-corrected chi connectivity index (χ4v) is 3.90. The average molecular weight is 302 g/mol. The number of hydrogen-bond donors (Lipinski definition) is 0. The highest BCUT2D eigenvalue weighted by atomic mass is 32.2. The number of nitrogens with zero attached hydrogens (tertiary/aromatic N) is 2. The molecule has 2 saturated heterocycles. The molecular formula is C15H30N2O2S. The van der Waals surface area contributed by atoms with Gasteiger partial charge in [-0.05, 0) is 39.7 Å². The van der Waals surface area contributed by atoms with Crippen LogP contribution in [0.5, 0.6) is 0 Å². The van der Waals surface area contributed by atoms with Gasteiger partial charge in [-0.3, -0.25) is 9.80 Å². The van der Waals surface area contributed by atoms with Gasteiger partial charge in [0.1, 0.15) is 0 Å². The van der Waals surface area contributed by atoms with E-state index in [4.69, 9.17) is 0 Å². The minimum atomic E-state index is -3.02. The zero-order valence-corrected chi connectivity index (χ0v) is 14.2. The number of rotatable bonds is 4. The first kappa shape index (κ1) is 16.2. The molecule has 0 N–H and O–H groups in total. The van der Waals surface area contributed by atoms with Crippen LogP contribution in [0.15, 0.2) is 0 Å². The van der Waals surface area contributed by atoms with Gasteiger partial charge in [0.2, 0.25) is 0 Å². The van der Waals surface area contributed by atoms with Crippen LogP contribution < -0.4 is 0 Å². The molecule has 0 bridgehead atoms. The summed E-state index contributed by atoms with van der Waals surface area (Å²) in [5, 5.41) is 0. The van der Waals surface area contributed by atoms with Crippen molar-refractivity contribution in [1.82, 2.24) is 9.80 Å². The molecule has 0 amide bonds. The van der Waals surface area contributed by atoms with E-state index in [2.05, 4.69) is 16.7 Å². The average Bonchev–Trinajstić information content (AvgIpc) is 2.36. The first-order chi connectivity index (χ1) is 9.24. The number of fused-ring (bicyclic) bond motifs is 1. The smallest absolute Gasteiger partial charge is 0.153 e. The van der Waals surface area contributed by atoms with Gasteiger partial charge in [0.15, 0.2) is 9.84 Å². The minimum Gasteiger partial charge on any atom is -0.298 e. The maximum Gasteiger partial charge on any atom is 0.153 e. The molecule has 0 spiro atoms. The van der Waals surface area contributed by atoms with Crippen molar-refractivity contribution in [2.75, 3.05) is 32.4 Å². The number of piperidine rings is 1. The lowest BCUT2D eigenvalue weighted by atomic mass is 9.95. The van der Waals surface area contributed by atoms with E-state index in [9.17, 15) is 8.42 Å². The molecule has 2 unspecified atom stereocenters. The van der Waals surface area contributed by atoms with Crippen molar-refractivity contribution < 1.29 is 8.42 Å². The van der Waals surface area contributed by atoms with Crippen LogP contribution in [0.3, 0.4) is 0 Å². The number of sulfone groups is 1. The van der Waals surface area contributed by atoms with Crippen molar-refractivity contribution >= 4 is 9.84 Å². The molecule has 0 aliphatic carbocycles. The Morgan fingerprint density at radius 1 is 1.20 bits per heavy atom. The molecule has 0 saturated carbocycles. The molecule has 20 heavy (non-hydrogen) atoms. The van der Waals surface area contributed by atoms with E-state index in [0.717, 1.165) is 19.5 Å². The van der Waals surface area contributed by atoms with Crippen LogP contribution in [0, 0.1) is 0 Å². The first-order valence-electron chi connectivity index (χ1n) is 7.92. The summed E-state index contributed by atoms with van der Waals surface area (Å²) in [5.74, 6) is 0. The SMILES string of the molecule is CCC1CN2CCCCC2CN1CC(C)(C)S(C)(=O)=O. The lowest BCUT2D eigenvalue weighted by Crippen LogP contribution is -2.62. The molecule has 2 rings (SSSR count). The van der Waals surface area contributed by atoms with Gasteiger partial charge >= 0.3 is 0 Å². The Morgan fingerprint density at radius 3 is 2.50 bits per heavy atom. The fourth-order valence-electron chi connectivity index (χ4n) is 3.50. The summed E-state index contributed by atoms with van der Waals surface area (Å²) in [4.78, 5) is 5.06. The van der Waals surface area contributed by atoms with Crippen molar-refractivity contribution in [3.05, 3.63) is 0 Å². The number of piperazine rings is 1. The molecule has 0 aromatic carbocycles. The highest BCUT2D eigenvalue weighted by Gasteiger charge is 2.39. The van der Waals surface area contributed by atoms with Crippen molar-refractivity contribution in [3.63, 3.8) is 0 Å². The van der Waals surface area contributed by atoms with E-state index in [1.807, 2.05) is 13.8 Å². The van der Waals surface area contributed by atoms with Crippen LogP contribution in [-0.4, -0.2) is 67.5 Å². The van der Waals surface area contributed by atoms with E-state index >= 15 is 0 Å². The lowest BCUT2D eigenvalue weighted by molar-refractivity contribution is 0.00410. The standard InChI is InChI=1S/C15H30N2O2S/c1-5-13-10-16-9-7-6-8-14(16)11-17(13)12-15(2,3)20(4,18)19/h13-14H,5-12H2,1-4H3. The molecule has 2 atom stereocenters. The van der Waals surface area contributed by atoms with E-state index in [0.29, 0.717) is 18.6 Å². The van der Waals surface area contributed by atoms with Crippen LogP contribution in [0.1, 0.15) is 46.5 Å². The maximum atomic E-state index is 12.0. The van der Waals surface area contributed by atoms with Crippen LogP contribution in [0.25, 0.3) is 0 Å². The molecule has 0 radical (unpaired) electrons. The molecular weight excluding hydrogens is 272 g/mol. The second kappa shape index (κ2) is 5.93. The normalized spacial score (nSPS) is 30.2. The highest BCUT2D eigenvalue weighted by molar-refractivity contribution is 7.92. The van der Waals surface area contributed by atoms with Crippen molar-refractivity contribution in [1.29, 1.82) is 0 Å². The van der Waals surface area contributed by atoms with Gasteiger partial charge in [-0.1, -0.05) is 13.3 Å². The topological polar surface area (TPSA) is 40.6 Å². The Balaban J connectivity index is 2.09. The highest BCUT2D eigenvalue weighted by Crippen LogP contribution is 2.28. The third-order valence-electron chi connectivity index (χ3n) is 5.21. The van der Waals surface area contributed by atoms with Gasteiger partial charge in [-0.15, -0.1) is 0 Å². The van der Waals surface area contributed by atoms with Gasteiger partial charge in [0.25, 0.3) is 0 Å². The van der Waals surface area contributed by atoms with Crippen LogP contribution in [0.2, 0.25) is 0 Å². The second-order valence-electron chi connectivity index (χ2n) is 7.17. The Hall–Kier alpha value is -0.130. The van der Waals surface area contributed by atoms with Gasteiger partial charge in [-0.2, -0.15) is 0 Å². The second-order valence-corrected chi connectivity index (χ2v) is 9.82. The zero-order chi connectivity index (χ0) is 15.0. The van der Waals surface area contributed by atoms with E-state index in [1.54, 1.807) is 0 Å². The fraction of sp³-hybridized carbons (Fsp3) is 1.00. The summed E-state index contributed by atoms with van der Waals surface area (Å²) < 4.78 is 23.3. The van der Waals surface area contributed by atoms with E-state index in [1.165, 1.54) is 32.1 Å². The molecule has 2 heterocycles. The quantitative estimate of drug-likeness (QED) is 0.793. The van der Waals surface area contributed by atoms with Crippen LogP contribution in [0.4, 0.5) is 0 Å². The summed E-state index contributed by atoms with van der Waals surface area (Å²) >= 11 is 0. The Morgan fingerprint density at radius 2 is 1.90 bits per heavy atom.